The van der Waals surface area contributed by atoms with Crippen LogP contribution in [-0.4, -0.2) is 0 Å². The summed E-state index contributed by atoms with van der Waals surface area (Å²) in [6.07, 6.45) is 0. The van der Waals surface area contributed by atoms with Crippen molar-refractivity contribution in [3.63, 3.8) is 0 Å². The van der Waals surface area contributed by atoms with Gasteiger partial charge >= 0.3 is 0 Å². The summed E-state index contributed by atoms with van der Waals surface area (Å²) < 4.78 is 0. The van der Waals surface area contributed by atoms with Gasteiger partial charge in [0.1, 0.15) is 0 Å². The molecule has 0 aliphatic heterocycles. The predicted octanol–water partition coefficient (Wildman–Crippen LogP) is 14.1. The molecule has 1 nitrogen and oxygen atoms in total. The van der Waals surface area contributed by atoms with Crippen LogP contribution in [-0.2, 0) is 10.8 Å². The predicted molar refractivity (Wildman–Crippen MR) is 230 cm³/mol. The average molecular weight is 700 g/mol. The lowest BCUT2D eigenvalue weighted by molar-refractivity contribution is 0.660. The van der Waals surface area contributed by atoms with Crippen molar-refractivity contribution in [2.24, 2.45) is 0 Å². The van der Waals surface area contributed by atoms with E-state index >= 15 is 0 Å². The van der Waals surface area contributed by atoms with Gasteiger partial charge in [-0.25, -0.2) is 0 Å². The molecule has 0 aromatic heterocycles. The minimum atomic E-state index is -0.455. The smallest absolute Gasteiger partial charge is 0.0726 e. The van der Waals surface area contributed by atoms with Crippen molar-refractivity contribution in [2.75, 3.05) is 4.90 Å². The summed E-state index contributed by atoms with van der Waals surface area (Å²) in [6.45, 7) is 4.72. The third-order valence-corrected chi connectivity index (χ3v) is 13.0. The Balaban J connectivity index is 1.17. The molecule has 1 heteroatoms. The highest BCUT2D eigenvalue weighted by Gasteiger charge is 2.52. The van der Waals surface area contributed by atoms with Crippen LogP contribution >= 0.6 is 0 Å². The van der Waals surface area contributed by atoms with E-state index in [4.69, 9.17) is 0 Å². The van der Waals surface area contributed by atoms with E-state index < -0.39 is 5.41 Å². The highest BCUT2D eigenvalue weighted by atomic mass is 15.1. The molecule has 3 aliphatic rings. The molecule has 0 radical (unpaired) electrons. The molecular weight excluding hydrogens is 663 g/mol. The summed E-state index contributed by atoms with van der Waals surface area (Å²) in [6, 6.07) is 70.9. The van der Waals surface area contributed by atoms with Crippen LogP contribution in [0.1, 0.15) is 47.2 Å². The highest BCUT2D eigenvalue weighted by Crippen LogP contribution is 2.64. The zero-order chi connectivity index (χ0) is 36.5. The Morgan fingerprint density at radius 3 is 1.56 bits per heavy atom. The minimum Gasteiger partial charge on any atom is -0.310 e. The fourth-order valence-electron chi connectivity index (χ4n) is 10.6. The molecule has 0 saturated heterocycles. The third kappa shape index (κ3) is 3.97. The van der Waals surface area contributed by atoms with E-state index in [-0.39, 0.29) is 5.41 Å². The Hall–Kier alpha value is -6.70. The first-order valence-electron chi connectivity index (χ1n) is 19.4. The molecule has 12 rings (SSSR count). The van der Waals surface area contributed by atoms with Crippen LogP contribution in [0.4, 0.5) is 17.1 Å². The van der Waals surface area contributed by atoms with Gasteiger partial charge in [-0.1, -0.05) is 159 Å². The Morgan fingerprint density at radius 2 is 0.818 bits per heavy atom. The summed E-state index contributed by atoms with van der Waals surface area (Å²) in [5.74, 6) is 0. The summed E-state index contributed by atoms with van der Waals surface area (Å²) >= 11 is 0. The van der Waals surface area contributed by atoms with Crippen molar-refractivity contribution in [2.45, 2.75) is 24.7 Å². The zero-order valence-corrected chi connectivity index (χ0v) is 30.8. The van der Waals surface area contributed by atoms with Gasteiger partial charge in [-0.3, -0.25) is 0 Å². The van der Waals surface area contributed by atoms with E-state index in [0.29, 0.717) is 0 Å². The number of hydrogen-bond donors (Lipinski definition) is 0. The second-order valence-corrected chi connectivity index (χ2v) is 16.1. The van der Waals surface area contributed by atoms with Crippen molar-refractivity contribution in [1.82, 2.24) is 0 Å². The number of benzene rings is 9. The Labute approximate surface area is 321 Å². The molecule has 0 bridgehead atoms. The van der Waals surface area contributed by atoms with Crippen LogP contribution in [0.3, 0.4) is 0 Å². The van der Waals surface area contributed by atoms with Crippen LogP contribution in [0.2, 0.25) is 0 Å². The van der Waals surface area contributed by atoms with Gasteiger partial charge in [-0.05, 0) is 125 Å². The molecular formula is C54H37N. The van der Waals surface area contributed by atoms with E-state index in [9.17, 15) is 0 Å². The average Bonchev–Trinajstić information content (AvgIpc) is 3.78. The van der Waals surface area contributed by atoms with Crippen LogP contribution in [0.5, 0.6) is 0 Å². The SMILES string of the molecule is CC1(C)c2ccccc2-c2cc(N(c3ccc4c(c3)C3(c5ccccc5-c5ccccc53)c3cc5ccccc5cc3-4)c3cccc4ccccc34)ccc21. The van der Waals surface area contributed by atoms with Crippen LogP contribution < -0.4 is 4.90 Å². The number of rotatable bonds is 3. The monoisotopic (exact) mass is 699 g/mol. The van der Waals surface area contributed by atoms with Gasteiger partial charge in [-0.15, -0.1) is 0 Å². The van der Waals surface area contributed by atoms with E-state index in [1.54, 1.807) is 0 Å². The summed E-state index contributed by atoms with van der Waals surface area (Å²) in [7, 11) is 0. The maximum absolute atomic E-state index is 2.52. The molecule has 55 heavy (non-hydrogen) atoms. The van der Waals surface area contributed by atoms with Gasteiger partial charge in [0.2, 0.25) is 0 Å². The van der Waals surface area contributed by atoms with Gasteiger partial charge in [0, 0.05) is 22.2 Å². The van der Waals surface area contributed by atoms with Gasteiger partial charge in [0.25, 0.3) is 0 Å². The highest BCUT2D eigenvalue weighted by molar-refractivity contribution is 6.03. The molecule has 0 amide bonds. The topological polar surface area (TPSA) is 3.24 Å². The second kappa shape index (κ2) is 10.9. The Kier molecular flexibility index (Phi) is 6.11. The normalized spacial score (nSPS) is 14.7. The lowest BCUT2D eigenvalue weighted by Crippen LogP contribution is -2.26. The van der Waals surface area contributed by atoms with Gasteiger partial charge < -0.3 is 4.90 Å². The number of anilines is 3. The largest absolute Gasteiger partial charge is 0.310 e. The molecule has 1 spiro atoms. The number of fused-ring (bicyclic) bond motifs is 15. The molecule has 0 unspecified atom stereocenters. The van der Waals surface area contributed by atoms with Crippen LogP contribution in [0.25, 0.3) is 54.9 Å². The summed E-state index contributed by atoms with van der Waals surface area (Å²) in [5.41, 5.74) is 19.1. The molecule has 9 aromatic rings. The van der Waals surface area contributed by atoms with E-state index in [1.807, 2.05) is 0 Å². The lowest BCUT2D eigenvalue weighted by Gasteiger charge is -2.33. The number of nitrogens with zero attached hydrogens (tertiary/aromatic N) is 1. The van der Waals surface area contributed by atoms with Crippen molar-refractivity contribution in [3.8, 4) is 33.4 Å². The van der Waals surface area contributed by atoms with Crippen LogP contribution in [0.15, 0.2) is 188 Å². The molecule has 0 heterocycles. The number of hydrogen-bond acceptors (Lipinski definition) is 1. The molecule has 0 atom stereocenters. The Morgan fingerprint density at radius 1 is 0.327 bits per heavy atom. The van der Waals surface area contributed by atoms with Crippen molar-refractivity contribution in [1.29, 1.82) is 0 Å². The first-order valence-corrected chi connectivity index (χ1v) is 19.4. The van der Waals surface area contributed by atoms with Crippen molar-refractivity contribution >= 4 is 38.6 Å². The fourth-order valence-corrected chi connectivity index (χ4v) is 10.6. The van der Waals surface area contributed by atoms with Gasteiger partial charge in [-0.2, -0.15) is 0 Å². The molecule has 0 fully saturated rings. The maximum atomic E-state index is 2.52. The zero-order valence-electron chi connectivity index (χ0n) is 30.8. The molecule has 0 saturated carbocycles. The van der Waals surface area contributed by atoms with Gasteiger partial charge in [0.15, 0.2) is 0 Å². The summed E-state index contributed by atoms with van der Waals surface area (Å²) in [4.78, 5) is 2.51. The van der Waals surface area contributed by atoms with Crippen molar-refractivity contribution < 1.29 is 0 Å². The van der Waals surface area contributed by atoms with Crippen LogP contribution in [0, 0.1) is 0 Å². The molecule has 258 valence electrons. The lowest BCUT2D eigenvalue weighted by atomic mass is 9.70. The minimum absolute atomic E-state index is 0.0622. The molecule has 3 aliphatic carbocycles. The second-order valence-electron chi connectivity index (χ2n) is 16.1. The van der Waals surface area contributed by atoms with E-state index in [2.05, 4.69) is 207 Å². The first kappa shape index (κ1) is 30.7. The van der Waals surface area contributed by atoms with Crippen molar-refractivity contribution in [3.05, 3.63) is 221 Å². The first-order chi connectivity index (χ1) is 27.0. The fraction of sp³-hybridized carbons (Fsp3) is 0.0741. The quantitative estimate of drug-likeness (QED) is 0.177. The maximum Gasteiger partial charge on any atom is 0.0726 e. The molecule has 9 aromatic carbocycles. The Bertz CT molecular complexity index is 3040. The summed E-state index contributed by atoms with van der Waals surface area (Å²) in [5, 5.41) is 5.00. The van der Waals surface area contributed by atoms with E-state index in [1.165, 1.54) is 94.0 Å². The third-order valence-electron chi connectivity index (χ3n) is 13.0. The molecule has 0 N–H and O–H groups in total. The standard InChI is InChI=1S/C54H37N/c1-53(2)46-22-10-7-21-42(46)45-32-37(27-29-47(45)53)55(52-25-13-17-34-14-5-6-18-39(34)52)38-26-28-43-44-30-35-15-3-4-16-36(35)31-50(44)54(51(43)33-38)48-23-11-8-19-40(48)41-20-9-12-24-49(41)54/h3-33H,1-2H3. The van der Waals surface area contributed by atoms with E-state index in [0.717, 1.165) is 11.4 Å². The van der Waals surface area contributed by atoms with Gasteiger partial charge in [0.05, 0.1) is 11.1 Å².